The average Bonchev–Trinajstić information content (AvgIpc) is 2.64. The molecule has 1 aliphatic heterocycles. The summed E-state index contributed by atoms with van der Waals surface area (Å²) in [5.41, 5.74) is 0. The number of aromatic nitrogens is 2. The molecule has 0 radical (unpaired) electrons. The van der Waals surface area contributed by atoms with Crippen LogP contribution < -0.4 is 5.32 Å². The van der Waals surface area contributed by atoms with Crippen molar-refractivity contribution in [2.75, 3.05) is 13.1 Å². The Hall–Kier alpha value is -0.960. The lowest BCUT2D eigenvalue weighted by molar-refractivity contribution is 0.857. The van der Waals surface area contributed by atoms with Crippen LogP contribution in [-0.2, 0) is 0 Å². The summed E-state index contributed by atoms with van der Waals surface area (Å²) in [5, 5.41) is 3.22. The summed E-state index contributed by atoms with van der Waals surface area (Å²) in [6.45, 7) is 2.50. The summed E-state index contributed by atoms with van der Waals surface area (Å²) in [6.07, 6.45) is 9.33. The Morgan fingerprint density at radius 3 is 1.45 bits per heavy atom. The third-order valence-corrected chi connectivity index (χ3v) is 1.43. The Morgan fingerprint density at radius 2 is 1.27 bits per heavy atom. The third kappa shape index (κ3) is 4.44. The summed E-state index contributed by atoms with van der Waals surface area (Å²) in [7, 11) is 0. The molecule has 1 saturated heterocycles. The van der Waals surface area contributed by atoms with Crippen molar-refractivity contribution in [3.8, 4) is 0 Å². The highest BCUT2D eigenvalue weighted by molar-refractivity contribution is 4.70. The Balaban J connectivity index is 0.000000112. The first-order valence-electron chi connectivity index (χ1n) is 3.91. The number of hydrogen-bond donors (Lipinski definition) is 1. The minimum absolute atomic E-state index is 1.25. The van der Waals surface area contributed by atoms with E-state index in [2.05, 4.69) is 15.3 Å². The number of hydrogen-bond acceptors (Lipinski definition) is 3. The van der Waals surface area contributed by atoms with Crippen molar-refractivity contribution < 1.29 is 0 Å². The molecule has 1 N–H and O–H groups in total. The molecule has 1 aromatic heterocycles. The Labute approximate surface area is 66.9 Å². The van der Waals surface area contributed by atoms with Crippen LogP contribution in [0.3, 0.4) is 0 Å². The quantitative estimate of drug-likeness (QED) is 0.597. The lowest BCUT2D eigenvalue weighted by atomic mass is 10.4. The molecule has 1 fully saturated rings. The van der Waals surface area contributed by atoms with Gasteiger partial charge >= 0.3 is 0 Å². The molecule has 2 heterocycles. The molecule has 11 heavy (non-hydrogen) atoms. The summed E-state index contributed by atoms with van der Waals surface area (Å²) >= 11 is 0. The Morgan fingerprint density at radius 1 is 0.818 bits per heavy atom. The molecule has 0 aliphatic carbocycles. The van der Waals surface area contributed by atoms with Crippen molar-refractivity contribution in [3.05, 3.63) is 24.8 Å². The van der Waals surface area contributed by atoms with Crippen LogP contribution in [0.2, 0.25) is 0 Å². The predicted octanol–water partition coefficient (Wildman–Crippen LogP) is 0.846. The van der Waals surface area contributed by atoms with Gasteiger partial charge in [0, 0.05) is 24.8 Å². The minimum Gasteiger partial charge on any atom is -0.317 e. The number of nitrogens with zero attached hydrogens (tertiary/aromatic N) is 2. The van der Waals surface area contributed by atoms with Gasteiger partial charge in [0.25, 0.3) is 0 Å². The predicted molar refractivity (Wildman–Crippen MR) is 44.1 cm³/mol. The van der Waals surface area contributed by atoms with Crippen molar-refractivity contribution >= 4 is 0 Å². The first kappa shape index (κ1) is 8.14. The fraction of sp³-hybridized carbons (Fsp3) is 0.500. The van der Waals surface area contributed by atoms with Gasteiger partial charge in [-0.1, -0.05) is 0 Å². The second-order valence-corrected chi connectivity index (χ2v) is 2.35. The van der Waals surface area contributed by atoms with Gasteiger partial charge < -0.3 is 5.32 Å². The van der Waals surface area contributed by atoms with Gasteiger partial charge in [-0.3, -0.25) is 9.97 Å². The van der Waals surface area contributed by atoms with Crippen molar-refractivity contribution in [2.24, 2.45) is 0 Å². The fourth-order valence-corrected chi connectivity index (χ4v) is 0.878. The topological polar surface area (TPSA) is 37.8 Å². The van der Waals surface area contributed by atoms with E-state index in [-0.39, 0.29) is 0 Å². The average molecular weight is 151 g/mol. The molecule has 0 spiro atoms. The van der Waals surface area contributed by atoms with Gasteiger partial charge in [-0.25, -0.2) is 0 Å². The standard InChI is InChI=1S/C4H4N2.C4H9N/c1-2-6-4-3-5-1;1-2-4-5-3-1/h1-4H;5H,1-4H2. The van der Waals surface area contributed by atoms with Gasteiger partial charge in [0.1, 0.15) is 0 Å². The van der Waals surface area contributed by atoms with Gasteiger partial charge in [-0.2, -0.15) is 0 Å². The maximum absolute atomic E-state index is 3.72. The van der Waals surface area contributed by atoms with Crippen LogP contribution in [0.1, 0.15) is 12.8 Å². The molecule has 3 nitrogen and oxygen atoms in total. The van der Waals surface area contributed by atoms with Crippen LogP contribution in [0.5, 0.6) is 0 Å². The molecule has 0 bridgehead atoms. The van der Waals surface area contributed by atoms with E-state index in [1.807, 2.05) is 0 Å². The molecule has 0 amide bonds. The molecule has 0 unspecified atom stereocenters. The van der Waals surface area contributed by atoms with E-state index in [1.54, 1.807) is 24.8 Å². The molecule has 1 aromatic rings. The van der Waals surface area contributed by atoms with Gasteiger partial charge in [0.15, 0.2) is 0 Å². The highest BCUT2D eigenvalue weighted by Gasteiger charge is 1.93. The molecule has 3 heteroatoms. The smallest absolute Gasteiger partial charge is 0.0451 e. The normalized spacial score (nSPS) is 15.3. The monoisotopic (exact) mass is 151 g/mol. The molecule has 0 atom stereocenters. The van der Waals surface area contributed by atoms with E-state index in [1.165, 1.54) is 25.9 Å². The van der Waals surface area contributed by atoms with Gasteiger partial charge in [0.05, 0.1) is 0 Å². The number of rotatable bonds is 0. The molecule has 1 aliphatic rings. The van der Waals surface area contributed by atoms with Crippen LogP contribution in [0.4, 0.5) is 0 Å². The van der Waals surface area contributed by atoms with E-state index < -0.39 is 0 Å². The maximum Gasteiger partial charge on any atom is 0.0451 e. The largest absolute Gasteiger partial charge is 0.317 e. The lowest BCUT2D eigenvalue weighted by Crippen LogP contribution is -2.03. The van der Waals surface area contributed by atoms with Gasteiger partial charge in [-0.15, -0.1) is 0 Å². The van der Waals surface area contributed by atoms with Crippen molar-refractivity contribution in [1.29, 1.82) is 0 Å². The zero-order valence-electron chi connectivity index (χ0n) is 6.53. The Kier molecular flexibility index (Phi) is 4.29. The van der Waals surface area contributed by atoms with E-state index in [0.717, 1.165) is 0 Å². The molecular weight excluding hydrogens is 138 g/mol. The zero-order valence-corrected chi connectivity index (χ0v) is 6.53. The first-order valence-corrected chi connectivity index (χ1v) is 3.91. The van der Waals surface area contributed by atoms with Crippen LogP contribution in [0.25, 0.3) is 0 Å². The molecule has 60 valence electrons. The maximum atomic E-state index is 3.72. The highest BCUT2D eigenvalue weighted by atomic mass is 14.9. The van der Waals surface area contributed by atoms with E-state index in [4.69, 9.17) is 0 Å². The lowest BCUT2D eigenvalue weighted by Gasteiger charge is -1.76. The van der Waals surface area contributed by atoms with Crippen LogP contribution in [0.15, 0.2) is 24.8 Å². The fourth-order valence-electron chi connectivity index (χ4n) is 0.878. The third-order valence-electron chi connectivity index (χ3n) is 1.43. The second kappa shape index (κ2) is 5.80. The summed E-state index contributed by atoms with van der Waals surface area (Å²) < 4.78 is 0. The summed E-state index contributed by atoms with van der Waals surface area (Å²) in [6, 6.07) is 0. The SMILES string of the molecule is C1CCNC1.c1cnccn1. The zero-order chi connectivity index (χ0) is 7.78. The summed E-state index contributed by atoms with van der Waals surface area (Å²) in [5.74, 6) is 0. The van der Waals surface area contributed by atoms with E-state index in [0.29, 0.717) is 0 Å². The Bertz CT molecular complexity index is 126. The van der Waals surface area contributed by atoms with E-state index in [9.17, 15) is 0 Å². The van der Waals surface area contributed by atoms with Crippen molar-refractivity contribution in [2.45, 2.75) is 12.8 Å². The van der Waals surface area contributed by atoms with E-state index >= 15 is 0 Å². The van der Waals surface area contributed by atoms with Crippen molar-refractivity contribution in [3.63, 3.8) is 0 Å². The molecular formula is C8H13N3. The molecule has 0 aromatic carbocycles. The first-order chi connectivity index (χ1) is 5.50. The van der Waals surface area contributed by atoms with Crippen LogP contribution in [0, 0.1) is 0 Å². The molecule has 2 rings (SSSR count). The van der Waals surface area contributed by atoms with Crippen LogP contribution in [-0.4, -0.2) is 23.1 Å². The minimum atomic E-state index is 1.25. The van der Waals surface area contributed by atoms with Crippen molar-refractivity contribution in [1.82, 2.24) is 15.3 Å². The molecule has 0 saturated carbocycles. The second-order valence-electron chi connectivity index (χ2n) is 2.35. The summed E-state index contributed by atoms with van der Waals surface area (Å²) in [4.78, 5) is 7.44. The highest BCUT2D eigenvalue weighted by Crippen LogP contribution is 1.90. The van der Waals surface area contributed by atoms with Crippen LogP contribution >= 0.6 is 0 Å². The van der Waals surface area contributed by atoms with Gasteiger partial charge in [-0.05, 0) is 25.9 Å². The number of nitrogens with one attached hydrogen (secondary N) is 1. The van der Waals surface area contributed by atoms with Gasteiger partial charge in [0.2, 0.25) is 0 Å².